The van der Waals surface area contributed by atoms with Gasteiger partial charge in [0.1, 0.15) is 0 Å². The van der Waals surface area contributed by atoms with E-state index < -0.39 is 0 Å². The molecule has 2 atom stereocenters. The molecule has 1 aliphatic carbocycles. The number of carbonyl (C=O) groups is 1. The van der Waals surface area contributed by atoms with Crippen molar-refractivity contribution in [3.05, 3.63) is 71.3 Å². The van der Waals surface area contributed by atoms with Gasteiger partial charge in [-0.25, -0.2) is 0 Å². The third-order valence-electron chi connectivity index (χ3n) is 3.92. The predicted octanol–water partition coefficient (Wildman–Crippen LogP) is 3.28. The first-order chi connectivity index (χ1) is 9.31. The number of carbonyl (C=O) groups excluding carboxylic acids is 1. The number of ether oxygens (including phenoxy) is 1. The number of esters is 1. The Morgan fingerprint density at radius 1 is 1.05 bits per heavy atom. The fraction of sp³-hybridized carbons (Fsp3) is 0.235. The average molecular weight is 252 g/mol. The Labute approximate surface area is 113 Å². The Hall–Kier alpha value is -2.09. The van der Waals surface area contributed by atoms with E-state index in [1.165, 1.54) is 18.2 Å². The largest absolute Gasteiger partial charge is 0.469 e. The summed E-state index contributed by atoms with van der Waals surface area (Å²) in [4.78, 5) is 12.1. The summed E-state index contributed by atoms with van der Waals surface area (Å²) >= 11 is 0. The molecule has 0 radical (unpaired) electrons. The zero-order valence-corrected chi connectivity index (χ0v) is 10.9. The third-order valence-corrected chi connectivity index (χ3v) is 3.92. The van der Waals surface area contributed by atoms with Gasteiger partial charge < -0.3 is 4.74 Å². The molecule has 0 heterocycles. The van der Waals surface area contributed by atoms with Gasteiger partial charge in [-0.05, 0) is 23.1 Å². The average Bonchev–Trinajstić information content (AvgIpc) is 2.87. The van der Waals surface area contributed by atoms with E-state index in [2.05, 4.69) is 18.2 Å². The lowest BCUT2D eigenvalue weighted by atomic mass is 9.87. The molecule has 0 aliphatic heterocycles. The SMILES string of the molecule is COC(=O)[C@H]1c2ccccc2C[C@H]1c1ccccc1. The number of benzene rings is 2. The molecule has 0 saturated heterocycles. The monoisotopic (exact) mass is 252 g/mol. The minimum atomic E-state index is -0.177. The molecule has 0 unspecified atom stereocenters. The maximum Gasteiger partial charge on any atom is 0.313 e. The quantitative estimate of drug-likeness (QED) is 0.767. The zero-order chi connectivity index (χ0) is 13.2. The first kappa shape index (κ1) is 12.0. The summed E-state index contributed by atoms with van der Waals surface area (Å²) in [6.45, 7) is 0. The molecule has 0 amide bonds. The molecule has 0 bridgehead atoms. The van der Waals surface area contributed by atoms with Crippen molar-refractivity contribution in [1.29, 1.82) is 0 Å². The van der Waals surface area contributed by atoms with E-state index in [1.54, 1.807) is 0 Å². The predicted molar refractivity (Wildman–Crippen MR) is 74.1 cm³/mol. The number of hydrogen-bond donors (Lipinski definition) is 0. The molecule has 19 heavy (non-hydrogen) atoms. The second-order valence-corrected chi connectivity index (χ2v) is 4.92. The third kappa shape index (κ3) is 2.03. The fourth-order valence-corrected chi connectivity index (χ4v) is 3.02. The van der Waals surface area contributed by atoms with Gasteiger partial charge in [0.2, 0.25) is 0 Å². The van der Waals surface area contributed by atoms with Crippen LogP contribution in [0.1, 0.15) is 28.5 Å². The van der Waals surface area contributed by atoms with Gasteiger partial charge in [-0.1, -0.05) is 54.6 Å². The molecule has 2 nitrogen and oxygen atoms in total. The Kier molecular flexibility index (Phi) is 3.08. The van der Waals surface area contributed by atoms with Gasteiger partial charge in [0.15, 0.2) is 0 Å². The molecular weight excluding hydrogens is 236 g/mol. The van der Waals surface area contributed by atoms with E-state index in [1.807, 2.05) is 36.4 Å². The van der Waals surface area contributed by atoms with Crippen LogP contribution in [0.5, 0.6) is 0 Å². The van der Waals surface area contributed by atoms with Crippen LogP contribution in [0, 0.1) is 0 Å². The first-order valence-corrected chi connectivity index (χ1v) is 6.52. The van der Waals surface area contributed by atoms with Gasteiger partial charge >= 0.3 is 5.97 Å². The fourth-order valence-electron chi connectivity index (χ4n) is 3.02. The van der Waals surface area contributed by atoms with Crippen molar-refractivity contribution < 1.29 is 9.53 Å². The van der Waals surface area contributed by atoms with E-state index in [4.69, 9.17) is 4.74 Å². The van der Waals surface area contributed by atoms with Gasteiger partial charge in [0.25, 0.3) is 0 Å². The molecule has 3 rings (SSSR count). The summed E-state index contributed by atoms with van der Waals surface area (Å²) in [5.41, 5.74) is 3.57. The lowest BCUT2D eigenvalue weighted by Crippen LogP contribution is -2.18. The van der Waals surface area contributed by atoms with Crippen LogP contribution >= 0.6 is 0 Å². The Bertz CT molecular complexity index is 589. The van der Waals surface area contributed by atoms with E-state index in [0.717, 1.165) is 12.0 Å². The second-order valence-electron chi connectivity index (χ2n) is 4.92. The summed E-state index contributed by atoms with van der Waals surface area (Å²) in [7, 11) is 1.46. The molecule has 2 heteroatoms. The van der Waals surface area contributed by atoms with Crippen molar-refractivity contribution in [2.45, 2.75) is 18.3 Å². The highest BCUT2D eigenvalue weighted by atomic mass is 16.5. The van der Waals surface area contributed by atoms with Crippen molar-refractivity contribution in [2.24, 2.45) is 0 Å². The molecule has 2 aromatic rings. The molecule has 0 N–H and O–H groups in total. The molecular formula is C17H16O2. The minimum Gasteiger partial charge on any atom is -0.469 e. The summed E-state index contributed by atoms with van der Waals surface area (Å²) in [5.74, 6) is -0.131. The molecule has 0 aromatic heterocycles. The number of hydrogen-bond acceptors (Lipinski definition) is 2. The molecule has 0 spiro atoms. The number of methoxy groups -OCH3 is 1. The normalized spacial score (nSPS) is 20.9. The van der Waals surface area contributed by atoms with Crippen LogP contribution in [0.2, 0.25) is 0 Å². The van der Waals surface area contributed by atoms with Gasteiger partial charge in [-0.3, -0.25) is 4.79 Å². The number of rotatable bonds is 2. The van der Waals surface area contributed by atoms with Crippen molar-refractivity contribution in [2.75, 3.05) is 7.11 Å². The lowest BCUT2D eigenvalue weighted by molar-refractivity contribution is -0.142. The van der Waals surface area contributed by atoms with E-state index in [0.29, 0.717) is 0 Å². The standard InChI is InChI=1S/C17H16O2/c1-19-17(18)16-14-10-6-5-9-13(14)11-15(16)12-7-3-2-4-8-12/h2-10,15-16H,11H2,1H3/t15-,16-/m0/s1. The van der Waals surface area contributed by atoms with Crippen LogP contribution < -0.4 is 0 Å². The Balaban J connectivity index is 2.05. The van der Waals surface area contributed by atoms with Crippen molar-refractivity contribution in [3.8, 4) is 0 Å². The van der Waals surface area contributed by atoms with Gasteiger partial charge in [0.05, 0.1) is 13.0 Å². The zero-order valence-electron chi connectivity index (χ0n) is 10.9. The van der Waals surface area contributed by atoms with Crippen LogP contribution in [-0.2, 0) is 16.0 Å². The molecule has 1 aliphatic rings. The second kappa shape index (κ2) is 4.88. The molecule has 0 fully saturated rings. The molecule has 2 aromatic carbocycles. The van der Waals surface area contributed by atoms with Crippen LogP contribution in [0.15, 0.2) is 54.6 Å². The van der Waals surface area contributed by atoms with Crippen LogP contribution in [0.3, 0.4) is 0 Å². The summed E-state index contributed by atoms with van der Waals surface area (Å²) in [6.07, 6.45) is 0.903. The minimum absolute atomic E-state index is 0.140. The maximum absolute atomic E-state index is 12.1. The van der Waals surface area contributed by atoms with Crippen LogP contribution in [0.4, 0.5) is 0 Å². The van der Waals surface area contributed by atoms with Crippen LogP contribution in [-0.4, -0.2) is 13.1 Å². The highest BCUT2D eigenvalue weighted by Crippen LogP contribution is 2.44. The summed E-state index contributed by atoms with van der Waals surface area (Å²) in [5, 5.41) is 0. The Morgan fingerprint density at radius 3 is 2.47 bits per heavy atom. The summed E-state index contributed by atoms with van der Waals surface area (Å²) < 4.78 is 5.00. The highest BCUT2D eigenvalue weighted by Gasteiger charge is 2.38. The number of fused-ring (bicyclic) bond motifs is 1. The molecule has 0 saturated carbocycles. The Morgan fingerprint density at radius 2 is 1.74 bits per heavy atom. The van der Waals surface area contributed by atoms with Crippen LogP contribution in [0.25, 0.3) is 0 Å². The van der Waals surface area contributed by atoms with Gasteiger partial charge in [-0.15, -0.1) is 0 Å². The summed E-state index contributed by atoms with van der Waals surface area (Å²) in [6, 6.07) is 18.4. The smallest absolute Gasteiger partial charge is 0.313 e. The van der Waals surface area contributed by atoms with E-state index >= 15 is 0 Å². The maximum atomic E-state index is 12.1. The molecule has 96 valence electrons. The first-order valence-electron chi connectivity index (χ1n) is 6.52. The van der Waals surface area contributed by atoms with E-state index in [-0.39, 0.29) is 17.8 Å². The van der Waals surface area contributed by atoms with Gasteiger partial charge in [-0.2, -0.15) is 0 Å². The van der Waals surface area contributed by atoms with Gasteiger partial charge in [0, 0.05) is 5.92 Å². The van der Waals surface area contributed by atoms with E-state index in [9.17, 15) is 4.79 Å². The highest BCUT2D eigenvalue weighted by molar-refractivity contribution is 5.81. The van der Waals surface area contributed by atoms with Crippen molar-refractivity contribution in [1.82, 2.24) is 0 Å². The van der Waals surface area contributed by atoms with Crippen molar-refractivity contribution >= 4 is 5.97 Å². The van der Waals surface area contributed by atoms with Crippen molar-refractivity contribution in [3.63, 3.8) is 0 Å². The lowest BCUT2D eigenvalue weighted by Gasteiger charge is -2.18. The topological polar surface area (TPSA) is 26.3 Å².